The van der Waals surface area contributed by atoms with Gasteiger partial charge in [0.25, 0.3) is 0 Å². The van der Waals surface area contributed by atoms with E-state index in [4.69, 9.17) is 10.5 Å². The molecule has 2 aliphatic rings. The molecule has 2 rings (SSSR count). The minimum atomic E-state index is 0.371. The summed E-state index contributed by atoms with van der Waals surface area (Å²) < 4.78 is 5.41. The van der Waals surface area contributed by atoms with Crippen molar-refractivity contribution in [3.05, 3.63) is 0 Å². The smallest absolute Gasteiger partial charge is 0.0483 e. The van der Waals surface area contributed by atoms with Gasteiger partial charge in [-0.25, -0.2) is 0 Å². The van der Waals surface area contributed by atoms with Gasteiger partial charge in [0.1, 0.15) is 0 Å². The van der Waals surface area contributed by atoms with E-state index in [1.165, 1.54) is 0 Å². The van der Waals surface area contributed by atoms with Crippen LogP contribution in [0.5, 0.6) is 0 Å². The Kier molecular flexibility index (Phi) is 2.58. The molecule has 1 spiro atoms. The van der Waals surface area contributed by atoms with Crippen LogP contribution in [-0.4, -0.2) is 43.3 Å². The molecule has 3 heteroatoms. The lowest BCUT2D eigenvalue weighted by atomic mass is 9.79. The van der Waals surface area contributed by atoms with Crippen LogP contribution in [0.25, 0.3) is 0 Å². The van der Waals surface area contributed by atoms with Crippen molar-refractivity contribution in [2.24, 2.45) is 5.73 Å². The number of likely N-dealkylation sites (tertiary alicyclic amines) is 1. The first-order chi connectivity index (χ1) is 6.23. The zero-order valence-corrected chi connectivity index (χ0v) is 8.46. The van der Waals surface area contributed by atoms with Crippen LogP contribution in [0.2, 0.25) is 0 Å². The second-order valence-corrected chi connectivity index (χ2v) is 4.51. The van der Waals surface area contributed by atoms with Crippen LogP contribution >= 0.6 is 0 Å². The van der Waals surface area contributed by atoms with Gasteiger partial charge in [-0.15, -0.1) is 0 Å². The summed E-state index contributed by atoms with van der Waals surface area (Å²) >= 11 is 0. The number of rotatable bonds is 0. The minimum Gasteiger partial charge on any atom is -0.381 e. The zero-order valence-electron chi connectivity index (χ0n) is 8.46. The summed E-state index contributed by atoms with van der Waals surface area (Å²) in [5.74, 6) is 0. The molecule has 2 saturated heterocycles. The molecule has 13 heavy (non-hydrogen) atoms. The molecule has 2 aliphatic heterocycles. The van der Waals surface area contributed by atoms with Crippen LogP contribution in [-0.2, 0) is 4.74 Å². The van der Waals surface area contributed by atoms with Crippen LogP contribution < -0.4 is 5.73 Å². The van der Waals surface area contributed by atoms with Gasteiger partial charge in [-0.05, 0) is 39.3 Å². The van der Waals surface area contributed by atoms with Crippen molar-refractivity contribution in [2.45, 2.75) is 37.3 Å². The molecule has 0 aromatic rings. The Labute approximate surface area is 80.2 Å². The predicted octanol–water partition coefficient (Wildman–Crippen LogP) is 0.588. The van der Waals surface area contributed by atoms with E-state index in [0.717, 1.165) is 45.4 Å². The summed E-state index contributed by atoms with van der Waals surface area (Å²) in [6.45, 7) is 2.98. The first-order valence-electron chi connectivity index (χ1n) is 5.27. The van der Waals surface area contributed by atoms with Gasteiger partial charge in [-0.3, -0.25) is 0 Å². The van der Waals surface area contributed by atoms with Gasteiger partial charge >= 0.3 is 0 Å². The van der Waals surface area contributed by atoms with Crippen molar-refractivity contribution in [3.63, 3.8) is 0 Å². The average molecular weight is 184 g/mol. The van der Waals surface area contributed by atoms with Crippen molar-refractivity contribution in [2.75, 3.05) is 26.8 Å². The van der Waals surface area contributed by atoms with Gasteiger partial charge in [0.05, 0.1) is 0 Å². The van der Waals surface area contributed by atoms with Gasteiger partial charge < -0.3 is 15.4 Å². The Bertz CT molecular complexity index is 178. The number of hydrogen-bond acceptors (Lipinski definition) is 3. The number of hydrogen-bond donors (Lipinski definition) is 1. The van der Waals surface area contributed by atoms with E-state index >= 15 is 0 Å². The number of ether oxygens (including phenoxy) is 1. The molecule has 0 amide bonds. The van der Waals surface area contributed by atoms with Gasteiger partial charge in [-0.2, -0.15) is 0 Å². The van der Waals surface area contributed by atoms with E-state index in [-0.39, 0.29) is 0 Å². The van der Waals surface area contributed by atoms with Crippen molar-refractivity contribution >= 4 is 0 Å². The summed E-state index contributed by atoms with van der Waals surface area (Å²) in [6.07, 6.45) is 4.64. The molecule has 2 N–H and O–H groups in total. The molecule has 3 nitrogen and oxygen atoms in total. The van der Waals surface area contributed by atoms with Crippen molar-refractivity contribution in [1.29, 1.82) is 0 Å². The van der Waals surface area contributed by atoms with E-state index in [2.05, 4.69) is 11.9 Å². The Morgan fingerprint density at radius 2 is 2.08 bits per heavy atom. The molecule has 0 aromatic heterocycles. The largest absolute Gasteiger partial charge is 0.381 e. The fourth-order valence-corrected chi connectivity index (χ4v) is 2.68. The lowest BCUT2D eigenvalue weighted by molar-refractivity contribution is -0.0408. The average Bonchev–Trinajstić information content (AvgIpc) is 2.14. The lowest BCUT2D eigenvalue weighted by Crippen LogP contribution is -2.57. The van der Waals surface area contributed by atoms with Crippen molar-refractivity contribution in [3.8, 4) is 0 Å². The third kappa shape index (κ3) is 1.73. The van der Waals surface area contributed by atoms with Crippen LogP contribution in [0.3, 0.4) is 0 Å². The number of piperidine rings is 1. The maximum Gasteiger partial charge on any atom is 0.0483 e. The predicted molar refractivity (Wildman–Crippen MR) is 52.6 cm³/mol. The highest BCUT2D eigenvalue weighted by molar-refractivity contribution is 4.97. The van der Waals surface area contributed by atoms with E-state index < -0.39 is 0 Å². The van der Waals surface area contributed by atoms with Crippen LogP contribution in [0, 0.1) is 0 Å². The third-order valence-corrected chi connectivity index (χ3v) is 3.71. The van der Waals surface area contributed by atoms with Crippen molar-refractivity contribution in [1.82, 2.24) is 4.90 Å². The summed E-state index contributed by atoms with van der Waals surface area (Å²) in [5, 5.41) is 0. The van der Waals surface area contributed by atoms with Crippen LogP contribution in [0.15, 0.2) is 0 Å². The summed E-state index contributed by atoms with van der Waals surface area (Å²) in [7, 11) is 2.23. The molecule has 0 bridgehead atoms. The summed E-state index contributed by atoms with van der Waals surface area (Å²) in [4.78, 5) is 2.50. The van der Waals surface area contributed by atoms with E-state index in [9.17, 15) is 0 Å². The molecule has 0 saturated carbocycles. The summed E-state index contributed by atoms with van der Waals surface area (Å²) in [6, 6.07) is 0.411. The maximum absolute atomic E-state index is 6.03. The van der Waals surface area contributed by atoms with E-state index in [0.29, 0.717) is 11.6 Å². The molecule has 1 atom stereocenters. The molecule has 2 heterocycles. The van der Waals surface area contributed by atoms with Gasteiger partial charge in [0.15, 0.2) is 0 Å². The Balaban J connectivity index is 2.07. The monoisotopic (exact) mass is 184 g/mol. The van der Waals surface area contributed by atoms with Gasteiger partial charge in [0, 0.05) is 24.8 Å². The van der Waals surface area contributed by atoms with E-state index in [1.54, 1.807) is 0 Å². The molecule has 0 radical (unpaired) electrons. The second-order valence-electron chi connectivity index (χ2n) is 4.51. The Hall–Kier alpha value is -0.120. The fraction of sp³-hybridized carbons (Fsp3) is 1.00. The topological polar surface area (TPSA) is 38.5 Å². The first-order valence-corrected chi connectivity index (χ1v) is 5.27. The lowest BCUT2D eigenvalue weighted by Gasteiger charge is -2.49. The third-order valence-electron chi connectivity index (χ3n) is 3.71. The highest BCUT2D eigenvalue weighted by atomic mass is 16.5. The SMILES string of the molecule is CN1CCC(N)CC12CCOCC2. The molecule has 76 valence electrons. The molecule has 2 fully saturated rings. The molecular formula is C10H20N2O. The first kappa shape index (κ1) is 9.44. The van der Waals surface area contributed by atoms with Crippen molar-refractivity contribution < 1.29 is 4.74 Å². The fourth-order valence-electron chi connectivity index (χ4n) is 2.68. The van der Waals surface area contributed by atoms with Crippen LogP contribution in [0.1, 0.15) is 25.7 Å². The molecular weight excluding hydrogens is 164 g/mol. The van der Waals surface area contributed by atoms with Gasteiger partial charge in [0.2, 0.25) is 0 Å². The van der Waals surface area contributed by atoms with Crippen LogP contribution in [0.4, 0.5) is 0 Å². The zero-order chi connectivity index (χ0) is 9.31. The standard InChI is InChI=1S/C10H20N2O/c1-12-5-2-9(11)8-10(12)3-6-13-7-4-10/h9H,2-8,11H2,1H3. The Morgan fingerprint density at radius 1 is 1.38 bits per heavy atom. The van der Waals surface area contributed by atoms with Gasteiger partial charge in [-0.1, -0.05) is 0 Å². The number of nitrogens with two attached hydrogens (primary N) is 1. The highest BCUT2D eigenvalue weighted by Gasteiger charge is 2.40. The summed E-state index contributed by atoms with van der Waals surface area (Å²) in [5.41, 5.74) is 6.41. The molecule has 1 unspecified atom stereocenters. The highest BCUT2D eigenvalue weighted by Crippen LogP contribution is 2.34. The quantitative estimate of drug-likeness (QED) is 0.599. The molecule has 0 aromatic carbocycles. The number of nitrogens with zero attached hydrogens (tertiary/aromatic N) is 1. The second kappa shape index (κ2) is 3.56. The normalized spacial score (nSPS) is 35.1. The van der Waals surface area contributed by atoms with E-state index in [1.807, 2.05) is 0 Å². The maximum atomic E-state index is 6.03. The molecule has 0 aliphatic carbocycles. The minimum absolute atomic E-state index is 0.371. The Morgan fingerprint density at radius 3 is 2.77 bits per heavy atom.